The summed E-state index contributed by atoms with van der Waals surface area (Å²) in [5, 5.41) is 19.9. The lowest BCUT2D eigenvalue weighted by Crippen LogP contribution is -2.48. The molecule has 3 aromatic rings. The number of β-amino-alcohol motifs (C(OH)–C–C–N with tert-alkyl or cyclic N) is 1. The van der Waals surface area contributed by atoms with Crippen LogP contribution in [0.15, 0.2) is 29.4 Å². The minimum Gasteiger partial charge on any atom is -0.391 e. The van der Waals surface area contributed by atoms with E-state index in [0.717, 1.165) is 28.7 Å². The summed E-state index contributed by atoms with van der Waals surface area (Å²) in [4.78, 5) is 3.18. The standard InChI is InChI=1S/C17H22N4O2S2/c1-11-7-20(8-12(2)23-11)9-13(22)10-24-16-18-19-17-21(16)14-5-3-4-6-15(14)25-17/h3-6,11-13,22H,7-10H2,1-2H3/t11-,12+,13-/m1/s1. The molecule has 3 atom stereocenters. The zero-order chi connectivity index (χ0) is 17.4. The van der Waals surface area contributed by atoms with Crippen LogP contribution in [-0.4, -0.2) is 68.3 Å². The highest BCUT2D eigenvalue weighted by Gasteiger charge is 2.24. The Morgan fingerprint density at radius 1 is 1.28 bits per heavy atom. The predicted octanol–water partition coefficient (Wildman–Crippen LogP) is 2.51. The number of fused-ring (bicyclic) bond motifs is 3. The number of hydrogen-bond acceptors (Lipinski definition) is 7. The molecule has 4 rings (SSSR count). The van der Waals surface area contributed by atoms with Crippen LogP contribution in [-0.2, 0) is 4.74 Å². The van der Waals surface area contributed by atoms with E-state index in [4.69, 9.17) is 4.74 Å². The van der Waals surface area contributed by atoms with Crippen molar-refractivity contribution < 1.29 is 9.84 Å². The van der Waals surface area contributed by atoms with E-state index in [2.05, 4.69) is 45.5 Å². The summed E-state index contributed by atoms with van der Waals surface area (Å²) in [5.41, 5.74) is 1.13. The fraction of sp³-hybridized carbons (Fsp3) is 0.529. The van der Waals surface area contributed by atoms with Gasteiger partial charge in [-0.05, 0) is 26.0 Å². The molecule has 0 unspecified atom stereocenters. The Morgan fingerprint density at radius 3 is 2.84 bits per heavy atom. The Labute approximate surface area is 154 Å². The smallest absolute Gasteiger partial charge is 0.217 e. The topological polar surface area (TPSA) is 62.9 Å². The van der Waals surface area contributed by atoms with E-state index in [0.29, 0.717) is 12.3 Å². The van der Waals surface area contributed by atoms with E-state index in [1.54, 1.807) is 23.1 Å². The van der Waals surface area contributed by atoms with Crippen molar-refractivity contribution in [3.05, 3.63) is 24.3 Å². The zero-order valence-electron chi connectivity index (χ0n) is 14.3. The Hall–Kier alpha value is -1.19. The van der Waals surface area contributed by atoms with Gasteiger partial charge in [0.1, 0.15) is 0 Å². The molecule has 0 radical (unpaired) electrons. The molecule has 1 fully saturated rings. The molecule has 0 saturated carbocycles. The van der Waals surface area contributed by atoms with Gasteiger partial charge in [-0.1, -0.05) is 35.2 Å². The predicted molar refractivity (Wildman–Crippen MR) is 102 cm³/mol. The molecule has 0 bridgehead atoms. The first-order valence-corrected chi connectivity index (χ1v) is 10.3. The summed E-state index contributed by atoms with van der Waals surface area (Å²) < 4.78 is 9.03. The van der Waals surface area contributed by atoms with Crippen LogP contribution >= 0.6 is 23.1 Å². The molecule has 8 heteroatoms. The number of benzene rings is 1. The van der Waals surface area contributed by atoms with Crippen molar-refractivity contribution >= 4 is 38.3 Å². The van der Waals surface area contributed by atoms with Crippen LogP contribution in [0.4, 0.5) is 0 Å². The van der Waals surface area contributed by atoms with Gasteiger partial charge in [0.25, 0.3) is 0 Å². The molecule has 1 saturated heterocycles. The summed E-state index contributed by atoms with van der Waals surface area (Å²) >= 11 is 3.20. The highest BCUT2D eigenvalue weighted by Crippen LogP contribution is 2.29. The molecule has 1 aliphatic rings. The van der Waals surface area contributed by atoms with Gasteiger partial charge in [0, 0.05) is 25.4 Å². The second-order valence-corrected chi connectivity index (χ2v) is 8.61. The molecule has 134 valence electrons. The van der Waals surface area contributed by atoms with Gasteiger partial charge in [-0.15, -0.1) is 10.2 Å². The average Bonchev–Trinajstić information content (AvgIpc) is 3.11. The molecular weight excluding hydrogens is 356 g/mol. The van der Waals surface area contributed by atoms with Crippen molar-refractivity contribution in [3.8, 4) is 0 Å². The zero-order valence-corrected chi connectivity index (χ0v) is 16.0. The number of morpholine rings is 1. The molecule has 25 heavy (non-hydrogen) atoms. The molecule has 2 aromatic heterocycles. The third kappa shape index (κ3) is 3.68. The van der Waals surface area contributed by atoms with Crippen molar-refractivity contribution in [2.75, 3.05) is 25.4 Å². The minimum absolute atomic E-state index is 0.219. The van der Waals surface area contributed by atoms with E-state index in [1.165, 1.54) is 4.70 Å². The van der Waals surface area contributed by atoms with Crippen LogP contribution in [0.5, 0.6) is 0 Å². The minimum atomic E-state index is -0.403. The van der Waals surface area contributed by atoms with E-state index >= 15 is 0 Å². The van der Waals surface area contributed by atoms with E-state index in [1.807, 2.05) is 12.1 Å². The molecule has 0 aliphatic carbocycles. The lowest BCUT2D eigenvalue weighted by atomic mass is 10.2. The Morgan fingerprint density at radius 2 is 2.04 bits per heavy atom. The van der Waals surface area contributed by atoms with Crippen LogP contribution in [0.3, 0.4) is 0 Å². The number of thioether (sulfide) groups is 1. The summed E-state index contributed by atoms with van der Waals surface area (Å²) in [7, 11) is 0. The van der Waals surface area contributed by atoms with Gasteiger partial charge in [0.2, 0.25) is 4.96 Å². The first-order chi connectivity index (χ1) is 12.1. The van der Waals surface area contributed by atoms with Gasteiger partial charge in [-0.3, -0.25) is 9.30 Å². The van der Waals surface area contributed by atoms with Gasteiger partial charge in [-0.25, -0.2) is 0 Å². The third-order valence-corrected chi connectivity index (χ3v) is 6.37. The molecule has 0 spiro atoms. The lowest BCUT2D eigenvalue weighted by molar-refractivity contribution is -0.0750. The third-order valence-electron chi connectivity index (χ3n) is 4.28. The number of thiazole rings is 1. The fourth-order valence-electron chi connectivity index (χ4n) is 3.40. The van der Waals surface area contributed by atoms with Gasteiger partial charge in [0.05, 0.1) is 28.5 Å². The Kier molecular flexibility index (Phi) is 4.97. The average molecular weight is 379 g/mol. The van der Waals surface area contributed by atoms with E-state index in [9.17, 15) is 5.11 Å². The largest absolute Gasteiger partial charge is 0.391 e. The molecule has 1 aliphatic heterocycles. The maximum absolute atomic E-state index is 10.5. The van der Waals surface area contributed by atoms with Crippen molar-refractivity contribution in [1.82, 2.24) is 19.5 Å². The highest BCUT2D eigenvalue weighted by molar-refractivity contribution is 7.99. The number of rotatable bonds is 5. The number of aromatic nitrogens is 3. The first kappa shape index (κ1) is 17.2. The summed E-state index contributed by atoms with van der Waals surface area (Å²) in [6.07, 6.45) is 0.0357. The lowest BCUT2D eigenvalue weighted by Gasteiger charge is -2.36. The van der Waals surface area contributed by atoms with Crippen LogP contribution in [0, 0.1) is 0 Å². The molecule has 1 N–H and O–H groups in total. The number of aliphatic hydroxyl groups is 1. The molecular formula is C17H22N4O2S2. The quantitative estimate of drug-likeness (QED) is 0.689. The van der Waals surface area contributed by atoms with Gasteiger partial charge in [-0.2, -0.15) is 0 Å². The van der Waals surface area contributed by atoms with E-state index in [-0.39, 0.29) is 12.2 Å². The second kappa shape index (κ2) is 7.20. The first-order valence-electron chi connectivity index (χ1n) is 8.51. The molecule has 1 aromatic carbocycles. The Bertz CT molecular complexity index is 855. The number of hydrogen-bond donors (Lipinski definition) is 1. The normalized spacial score (nSPS) is 23.5. The van der Waals surface area contributed by atoms with Crippen molar-refractivity contribution in [2.24, 2.45) is 0 Å². The van der Waals surface area contributed by atoms with Gasteiger partial charge < -0.3 is 9.84 Å². The maximum atomic E-state index is 10.5. The van der Waals surface area contributed by atoms with Crippen LogP contribution in [0.2, 0.25) is 0 Å². The van der Waals surface area contributed by atoms with Gasteiger partial charge >= 0.3 is 0 Å². The van der Waals surface area contributed by atoms with E-state index < -0.39 is 6.10 Å². The van der Waals surface area contributed by atoms with Crippen LogP contribution in [0.1, 0.15) is 13.8 Å². The van der Waals surface area contributed by atoms with Crippen molar-refractivity contribution in [1.29, 1.82) is 0 Å². The number of nitrogens with zero attached hydrogens (tertiary/aromatic N) is 4. The van der Waals surface area contributed by atoms with Crippen molar-refractivity contribution in [2.45, 2.75) is 37.3 Å². The van der Waals surface area contributed by atoms with Gasteiger partial charge in [0.15, 0.2) is 5.16 Å². The summed E-state index contributed by atoms with van der Waals surface area (Å²) in [6.45, 7) is 6.57. The van der Waals surface area contributed by atoms with Crippen molar-refractivity contribution in [3.63, 3.8) is 0 Å². The fourth-order valence-corrected chi connectivity index (χ4v) is 5.29. The van der Waals surface area contributed by atoms with Crippen LogP contribution < -0.4 is 0 Å². The number of ether oxygens (including phenoxy) is 1. The summed E-state index contributed by atoms with van der Waals surface area (Å²) in [5.74, 6) is 0.602. The monoisotopic (exact) mass is 378 g/mol. The highest BCUT2D eigenvalue weighted by atomic mass is 32.2. The number of para-hydroxylation sites is 1. The SMILES string of the molecule is C[C@@H]1CN(C[C@@H](O)CSc2nnc3sc4ccccc4n23)C[C@H](C)O1. The maximum Gasteiger partial charge on any atom is 0.217 e. The molecule has 6 nitrogen and oxygen atoms in total. The second-order valence-electron chi connectivity index (χ2n) is 6.61. The molecule has 3 heterocycles. The molecule has 0 amide bonds. The Balaban J connectivity index is 1.42. The van der Waals surface area contributed by atoms with Crippen LogP contribution in [0.25, 0.3) is 15.2 Å². The number of aliphatic hydroxyl groups excluding tert-OH is 1. The summed E-state index contributed by atoms with van der Waals surface area (Å²) in [6, 6.07) is 8.24.